The molecule has 0 heterocycles. The molecule has 0 saturated carbocycles. The molecule has 0 aromatic heterocycles. The minimum absolute atomic E-state index is 0.300. The molecule has 0 aromatic rings. The van der Waals surface area contributed by atoms with Gasteiger partial charge in [0.15, 0.2) is 0 Å². The molecular weight excluding hydrogens is 260 g/mol. The number of unbranched alkanes of at least 4 members (excludes halogenated alkanes) is 1. The molecule has 3 heteroatoms. The van der Waals surface area contributed by atoms with Crippen molar-refractivity contribution >= 4 is 21.6 Å². The van der Waals surface area contributed by atoms with Crippen LogP contribution in [0.5, 0.6) is 0 Å². The molecule has 0 fully saturated rings. The van der Waals surface area contributed by atoms with Crippen LogP contribution in [0.4, 0.5) is 0 Å². The fourth-order valence-corrected chi connectivity index (χ4v) is 3.21. The number of ether oxygens (including phenoxy) is 1. The maximum absolute atomic E-state index is 5.81. The van der Waals surface area contributed by atoms with Crippen molar-refractivity contribution in [3.05, 3.63) is 0 Å². The topological polar surface area (TPSA) is 9.23 Å². The van der Waals surface area contributed by atoms with Crippen LogP contribution in [0.3, 0.4) is 0 Å². The SMILES string of the molecule is CSSC(CCCCC(C)C)OCC#CC(C)C. The smallest absolute Gasteiger partial charge is 0.114 e. The van der Waals surface area contributed by atoms with Gasteiger partial charge in [0.25, 0.3) is 0 Å². The Balaban J connectivity index is 3.75. The maximum atomic E-state index is 5.81. The van der Waals surface area contributed by atoms with E-state index in [2.05, 4.69) is 45.8 Å². The van der Waals surface area contributed by atoms with E-state index in [1.807, 2.05) is 10.8 Å². The molecule has 0 aliphatic carbocycles. The van der Waals surface area contributed by atoms with E-state index < -0.39 is 0 Å². The average Bonchev–Trinajstić information content (AvgIpc) is 2.29. The van der Waals surface area contributed by atoms with E-state index in [-0.39, 0.29) is 0 Å². The van der Waals surface area contributed by atoms with Gasteiger partial charge in [-0.05, 0) is 25.0 Å². The third-order valence-electron chi connectivity index (χ3n) is 2.41. The van der Waals surface area contributed by atoms with Gasteiger partial charge in [0.1, 0.15) is 12.0 Å². The van der Waals surface area contributed by atoms with Gasteiger partial charge >= 0.3 is 0 Å². The number of rotatable bonds is 9. The molecule has 1 nitrogen and oxygen atoms in total. The van der Waals surface area contributed by atoms with Crippen molar-refractivity contribution in [2.24, 2.45) is 11.8 Å². The molecule has 18 heavy (non-hydrogen) atoms. The second kappa shape index (κ2) is 12.3. The van der Waals surface area contributed by atoms with Crippen LogP contribution >= 0.6 is 21.6 Å². The lowest BCUT2D eigenvalue weighted by Gasteiger charge is -2.14. The second-order valence-electron chi connectivity index (χ2n) is 5.16. The van der Waals surface area contributed by atoms with Gasteiger partial charge in [0, 0.05) is 5.92 Å². The predicted octanol–water partition coefficient (Wildman–Crippen LogP) is 5.22. The van der Waals surface area contributed by atoms with Crippen molar-refractivity contribution in [1.29, 1.82) is 0 Å². The molecule has 0 amide bonds. The summed E-state index contributed by atoms with van der Waals surface area (Å²) in [6, 6.07) is 0. The zero-order chi connectivity index (χ0) is 13.8. The van der Waals surface area contributed by atoms with Gasteiger partial charge in [-0.25, -0.2) is 0 Å². The predicted molar refractivity (Wildman–Crippen MR) is 86.8 cm³/mol. The number of hydrogen-bond donors (Lipinski definition) is 0. The highest BCUT2D eigenvalue weighted by atomic mass is 33.1. The Kier molecular flexibility index (Phi) is 12.4. The summed E-state index contributed by atoms with van der Waals surface area (Å²) in [5, 5.41) is 0. The Bertz CT molecular complexity index is 241. The van der Waals surface area contributed by atoms with Gasteiger partial charge in [0.2, 0.25) is 0 Å². The lowest BCUT2D eigenvalue weighted by molar-refractivity contribution is 0.135. The van der Waals surface area contributed by atoms with Gasteiger partial charge in [-0.1, -0.05) is 74.0 Å². The molecule has 0 bridgehead atoms. The molecule has 1 atom stereocenters. The van der Waals surface area contributed by atoms with Gasteiger partial charge in [0.05, 0.1) is 0 Å². The third kappa shape index (κ3) is 12.7. The van der Waals surface area contributed by atoms with Gasteiger partial charge in [-0.2, -0.15) is 0 Å². The van der Waals surface area contributed by atoms with E-state index in [0.717, 1.165) is 12.3 Å². The van der Waals surface area contributed by atoms with E-state index in [9.17, 15) is 0 Å². The van der Waals surface area contributed by atoms with E-state index in [1.54, 1.807) is 10.8 Å². The van der Waals surface area contributed by atoms with Crippen LogP contribution < -0.4 is 0 Å². The summed E-state index contributed by atoms with van der Waals surface area (Å²) in [5.41, 5.74) is 0.300. The van der Waals surface area contributed by atoms with Crippen LogP contribution in [0.2, 0.25) is 0 Å². The second-order valence-corrected chi connectivity index (χ2v) is 7.79. The molecule has 0 aliphatic heterocycles. The summed E-state index contributed by atoms with van der Waals surface area (Å²) in [4.78, 5) is 0. The normalized spacial score (nSPS) is 12.6. The zero-order valence-corrected chi connectivity index (χ0v) is 14.1. The van der Waals surface area contributed by atoms with Gasteiger partial charge < -0.3 is 4.74 Å². The first-order chi connectivity index (χ1) is 8.56. The van der Waals surface area contributed by atoms with Crippen LogP contribution in [0.15, 0.2) is 0 Å². The molecule has 0 N–H and O–H groups in total. The fraction of sp³-hybridized carbons (Fsp3) is 0.867. The molecule has 106 valence electrons. The minimum Gasteiger partial charge on any atom is -0.354 e. The highest BCUT2D eigenvalue weighted by molar-refractivity contribution is 8.76. The van der Waals surface area contributed by atoms with E-state index >= 15 is 0 Å². The molecule has 0 aliphatic rings. The van der Waals surface area contributed by atoms with E-state index in [4.69, 9.17) is 4.74 Å². The molecule has 0 rings (SSSR count). The molecule has 0 aromatic carbocycles. The summed E-state index contributed by atoms with van der Waals surface area (Å²) in [5.74, 6) is 7.47. The first-order valence-corrected chi connectivity index (χ1v) is 9.47. The Morgan fingerprint density at radius 3 is 2.28 bits per heavy atom. The Hall–Kier alpha value is 0.220. The van der Waals surface area contributed by atoms with Crippen molar-refractivity contribution in [2.75, 3.05) is 12.9 Å². The van der Waals surface area contributed by atoms with Crippen LogP contribution in [-0.2, 0) is 4.74 Å². The average molecular weight is 289 g/mol. The highest BCUT2D eigenvalue weighted by Gasteiger charge is 2.08. The molecular formula is C15H28OS2. The summed E-state index contributed by atoms with van der Waals surface area (Å²) in [6.07, 6.45) is 7.14. The maximum Gasteiger partial charge on any atom is 0.114 e. The lowest BCUT2D eigenvalue weighted by atomic mass is 10.1. The van der Waals surface area contributed by atoms with Crippen molar-refractivity contribution in [3.63, 3.8) is 0 Å². The van der Waals surface area contributed by atoms with Gasteiger partial charge in [-0.15, -0.1) is 0 Å². The highest BCUT2D eigenvalue weighted by Crippen LogP contribution is 2.28. The van der Waals surface area contributed by atoms with E-state index in [0.29, 0.717) is 18.0 Å². The summed E-state index contributed by atoms with van der Waals surface area (Å²) < 4.78 is 5.81. The van der Waals surface area contributed by atoms with Crippen LogP contribution in [0.1, 0.15) is 53.4 Å². The van der Waals surface area contributed by atoms with Crippen molar-refractivity contribution < 1.29 is 4.74 Å². The Morgan fingerprint density at radius 2 is 1.72 bits per heavy atom. The molecule has 0 saturated heterocycles. The molecule has 0 spiro atoms. The first kappa shape index (κ1) is 18.2. The summed E-state index contributed by atoms with van der Waals surface area (Å²) >= 11 is 0. The molecule has 1 unspecified atom stereocenters. The summed E-state index contributed by atoms with van der Waals surface area (Å²) in [6.45, 7) is 9.35. The Morgan fingerprint density at radius 1 is 1.06 bits per heavy atom. The first-order valence-electron chi connectivity index (χ1n) is 6.85. The quantitative estimate of drug-likeness (QED) is 0.249. The molecule has 0 radical (unpaired) electrons. The Labute approximate surface area is 122 Å². The van der Waals surface area contributed by atoms with E-state index in [1.165, 1.54) is 19.3 Å². The monoisotopic (exact) mass is 288 g/mol. The number of hydrogen-bond acceptors (Lipinski definition) is 3. The van der Waals surface area contributed by atoms with Crippen LogP contribution in [0.25, 0.3) is 0 Å². The van der Waals surface area contributed by atoms with Gasteiger partial charge in [-0.3, -0.25) is 0 Å². The zero-order valence-electron chi connectivity index (χ0n) is 12.5. The standard InChI is InChI=1S/C15H28OS2/c1-13(2)9-6-7-11-15(18-17-5)16-12-8-10-14(3)4/h13-15H,6-7,9,11-12H2,1-5H3. The van der Waals surface area contributed by atoms with Crippen molar-refractivity contribution in [3.8, 4) is 11.8 Å². The van der Waals surface area contributed by atoms with Crippen molar-refractivity contribution in [1.82, 2.24) is 0 Å². The lowest BCUT2D eigenvalue weighted by Crippen LogP contribution is -2.08. The largest absolute Gasteiger partial charge is 0.354 e. The van der Waals surface area contributed by atoms with Crippen LogP contribution in [0, 0.1) is 23.7 Å². The van der Waals surface area contributed by atoms with Crippen LogP contribution in [-0.4, -0.2) is 18.3 Å². The fourth-order valence-electron chi connectivity index (χ4n) is 1.51. The minimum atomic E-state index is 0.300. The third-order valence-corrected chi connectivity index (χ3v) is 4.41. The van der Waals surface area contributed by atoms with Crippen molar-refractivity contribution in [2.45, 2.75) is 58.8 Å². The summed E-state index contributed by atoms with van der Waals surface area (Å²) in [7, 11) is 3.60.